The average molecular weight is 437 g/mol. The van der Waals surface area contributed by atoms with Crippen LogP contribution in [0.2, 0.25) is 0 Å². The van der Waals surface area contributed by atoms with E-state index in [1.54, 1.807) is 18.9 Å². The number of nitrogen functional groups attached to an aromatic ring is 1. The summed E-state index contributed by atoms with van der Waals surface area (Å²) in [6, 6.07) is 13.3. The van der Waals surface area contributed by atoms with Crippen LogP contribution < -0.4 is 20.5 Å². The lowest BCUT2D eigenvalue weighted by Crippen LogP contribution is -2.04. The van der Waals surface area contributed by atoms with Crippen LogP contribution in [0.3, 0.4) is 0 Å². The number of nitrogens with two attached hydrogens (primary N) is 1. The lowest BCUT2D eigenvalue weighted by molar-refractivity contribution is 0.355. The second-order valence-corrected chi connectivity index (χ2v) is 6.01. The number of aromatic nitrogens is 3. The molecule has 0 atom stereocenters. The maximum absolute atomic E-state index is 6.00. The standard InChI is InChI=1S/C16H16IN5O2/c1-23-13-8-7-10(9-14(13)24-2)19-16-20-15(18)22(21-16)12-6-4-3-5-11(12)17/h3-9H,1-2H3,(H3,18,19,20,21). The van der Waals surface area contributed by atoms with E-state index in [-0.39, 0.29) is 0 Å². The highest BCUT2D eigenvalue weighted by Crippen LogP contribution is 2.31. The Morgan fingerprint density at radius 3 is 2.54 bits per heavy atom. The smallest absolute Gasteiger partial charge is 0.248 e. The molecule has 2 aromatic carbocycles. The van der Waals surface area contributed by atoms with Crippen molar-refractivity contribution in [1.82, 2.24) is 14.8 Å². The van der Waals surface area contributed by atoms with Crippen molar-refractivity contribution >= 4 is 40.2 Å². The predicted molar refractivity (Wildman–Crippen MR) is 101 cm³/mol. The second-order valence-electron chi connectivity index (χ2n) is 4.85. The molecule has 3 aromatic rings. The monoisotopic (exact) mass is 437 g/mol. The quantitative estimate of drug-likeness (QED) is 0.597. The summed E-state index contributed by atoms with van der Waals surface area (Å²) in [5.74, 6) is 1.98. The second kappa shape index (κ2) is 6.95. The molecule has 0 saturated carbocycles. The maximum atomic E-state index is 6.00. The summed E-state index contributed by atoms with van der Waals surface area (Å²) in [7, 11) is 3.18. The van der Waals surface area contributed by atoms with E-state index in [0.717, 1.165) is 14.9 Å². The Hall–Kier alpha value is -2.49. The van der Waals surface area contributed by atoms with Crippen LogP contribution in [0, 0.1) is 3.57 Å². The molecule has 8 heteroatoms. The minimum atomic E-state index is 0.307. The van der Waals surface area contributed by atoms with E-state index >= 15 is 0 Å². The summed E-state index contributed by atoms with van der Waals surface area (Å²) in [5.41, 5.74) is 7.65. The molecule has 0 aliphatic heterocycles. The fraction of sp³-hybridized carbons (Fsp3) is 0.125. The Morgan fingerprint density at radius 1 is 1.08 bits per heavy atom. The van der Waals surface area contributed by atoms with E-state index in [1.165, 1.54) is 0 Å². The van der Waals surface area contributed by atoms with Gasteiger partial charge in [-0.2, -0.15) is 9.67 Å². The highest BCUT2D eigenvalue weighted by molar-refractivity contribution is 14.1. The minimum absolute atomic E-state index is 0.307. The lowest BCUT2D eigenvalue weighted by atomic mass is 10.3. The first kappa shape index (κ1) is 16.4. The molecule has 0 fully saturated rings. The molecule has 3 N–H and O–H groups in total. The molecular formula is C16H16IN5O2. The molecule has 0 amide bonds. The first-order valence-electron chi connectivity index (χ1n) is 7.09. The average Bonchev–Trinajstić information content (AvgIpc) is 2.95. The van der Waals surface area contributed by atoms with Gasteiger partial charge in [0, 0.05) is 15.3 Å². The van der Waals surface area contributed by atoms with Gasteiger partial charge in [0.05, 0.1) is 19.9 Å². The molecule has 0 aliphatic rings. The van der Waals surface area contributed by atoms with Gasteiger partial charge in [0.2, 0.25) is 11.9 Å². The number of benzene rings is 2. The molecular weight excluding hydrogens is 421 g/mol. The Bertz CT molecular complexity index is 865. The molecule has 0 spiro atoms. The summed E-state index contributed by atoms with van der Waals surface area (Å²) in [6.45, 7) is 0. The molecule has 0 unspecified atom stereocenters. The van der Waals surface area contributed by atoms with Gasteiger partial charge in [-0.25, -0.2) is 0 Å². The van der Waals surface area contributed by atoms with Crippen LogP contribution in [0.4, 0.5) is 17.6 Å². The Labute approximate surface area is 152 Å². The molecule has 1 heterocycles. The largest absolute Gasteiger partial charge is 0.493 e. The topological polar surface area (TPSA) is 87.2 Å². The summed E-state index contributed by atoms with van der Waals surface area (Å²) in [4.78, 5) is 4.26. The summed E-state index contributed by atoms with van der Waals surface area (Å²) < 4.78 is 13.2. The van der Waals surface area contributed by atoms with E-state index in [0.29, 0.717) is 23.4 Å². The Kier molecular flexibility index (Phi) is 4.74. The van der Waals surface area contributed by atoms with Crippen LogP contribution >= 0.6 is 22.6 Å². The van der Waals surface area contributed by atoms with Crippen LogP contribution in [-0.4, -0.2) is 29.0 Å². The first-order chi connectivity index (χ1) is 11.6. The van der Waals surface area contributed by atoms with Crippen molar-refractivity contribution in [2.75, 3.05) is 25.3 Å². The fourth-order valence-electron chi connectivity index (χ4n) is 2.22. The SMILES string of the molecule is COc1ccc(Nc2nc(N)n(-c3ccccc3I)n2)cc1OC. The van der Waals surface area contributed by atoms with Gasteiger partial charge in [0.15, 0.2) is 11.5 Å². The lowest BCUT2D eigenvalue weighted by Gasteiger charge is -2.09. The number of nitrogens with one attached hydrogen (secondary N) is 1. The third-order valence-electron chi connectivity index (χ3n) is 3.35. The van der Waals surface area contributed by atoms with Gasteiger partial charge in [-0.15, -0.1) is 5.10 Å². The van der Waals surface area contributed by atoms with Gasteiger partial charge in [0.1, 0.15) is 0 Å². The highest BCUT2D eigenvalue weighted by Gasteiger charge is 2.12. The summed E-state index contributed by atoms with van der Waals surface area (Å²) in [5, 5.41) is 7.55. The zero-order valence-corrected chi connectivity index (χ0v) is 15.3. The van der Waals surface area contributed by atoms with Crippen LogP contribution in [0.1, 0.15) is 0 Å². The zero-order valence-electron chi connectivity index (χ0n) is 13.2. The van der Waals surface area contributed by atoms with Crippen molar-refractivity contribution in [3.63, 3.8) is 0 Å². The number of anilines is 3. The highest BCUT2D eigenvalue weighted by atomic mass is 127. The number of rotatable bonds is 5. The summed E-state index contributed by atoms with van der Waals surface area (Å²) >= 11 is 2.24. The minimum Gasteiger partial charge on any atom is -0.493 e. The molecule has 0 aliphatic carbocycles. The van der Waals surface area contributed by atoms with E-state index in [2.05, 4.69) is 38.0 Å². The maximum Gasteiger partial charge on any atom is 0.248 e. The van der Waals surface area contributed by atoms with Gasteiger partial charge in [-0.3, -0.25) is 0 Å². The number of nitrogens with zero attached hydrogens (tertiary/aromatic N) is 3. The Morgan fingerprint density at radius 2 is 1.83 bits per heavy atom. The fourth-order valence-corrected chi connectivity index (χ4v) is 2.84. The van der Waals surface area contributed by atoms with Crippen molar-refractivity contribution in [1.29, 1.82) is 0 Å². The summed E-state index contributed by atoms with van der Waals surface area (Å²) in [6.07, 6.45) is 0. The molecule has 3 rings (SSSR count). The Balaban J connectivity index is 1.90. The molecule has 0 saturated heterocycles. The van der Waals surface area contributed by atoms with Gasteiger partial charge in [-0.1, -0.05) is 12.1 Å². The van der Waals surface area contributed by atoms with Crippen LogP contribution in [0.5, 0.6) is 11.5 Å². The van der Waals surface area contributed by atoms with Crippen molar-refractivity contribution in [2.24, 2.45) is 0 Å². The zero-order chi connectivity index (χ0) is 17.1. The third kappa shape index (κ3) is 3.23. The molecule has 1 aromatic heterocycles. The number of halogens is 1. The number of hydrogen-bond donors (Lipinski definition) is 2. The van der Waals surface area contributed by atoms with Crippen molar-refractivity contribution in [2.45, 2.75) is 0 Å². The first-order valence-corrected chi connectivity index (χ1v) is 8.16. The number of ether oxygens (including phenoxy) is 2. The number of methoxy groups -OCH3 is 2. The van der Waals surface area contributed by atoms with Gasteiger partial charge >= 0.3 is 0 Å². The van der Waals surface area contributed by atoms with Crippen molar-refractivity contribution in [3.05, 3.63) is 46.0 Å². The molecule has 0 bridgehead atoms. The van der Waals surface area contributed by atoms with Gasteiger partial charge in [0.25, 0.3) is 0 Å². The number of hydrogen-bond acceptors (Lipinski definition) is 6. The predicted octanol–water partition coefficient (Wildman–Crippen LogP) is 3.21. The molecule has 0 radical (unpaired) electrons. The van der Waals surface area contributed by atoms with Crippen LogP contribution in [0.25, 0.3) is 5.69 Å². The van der Waals surface area contributed by atoms with E-state index in [1.807, 2.05) is 42.5 Å². The normalized spacial score (nSPS) is 10.5. The molecule has 7 nitrogen and oxygen atoms in total. The molecule has 124 valence electrons. The van der Waals surface area contributed by atoms with Gasteiger partial charge < -0.3 is 20.5 Å². The van der Waals surface area contributed by atoms with E-state index < -0.39 is 0 Å². The molecule has 24 heavy (non-hydrogen) atoms. The van der Waals surface area contributed by atoms with E-state index in [4.69, 9.17) is 15.2 Å². The van der Waals surface area contributed by atoms with Crippen LogP contribution in [0.15, 0.2) is 42.5 Å². The van der Waals surface area contributed by atoms with E-state index in [9.17, 15) is 0 Å². The van der Waals surface area contributed by atoms with Gasteiger partial charge in [-0.05, 0) is 46.9 Å². The number of para-hydroxylation sites is 1. The van der Waals surface area contributed by atoms with Crippen molar-refractivity contribution < 1.29 is 9.47 Å². The van der Waals surface area contributed by atoms with Crippen molar-refractivity contribution in [3.8, 4) is 17.2 Å². The third-order valence-corrected chi connectivity index (χ3v) is 4.26. The van der Waals surface area contributed by atoms with Crippen LogP contribution in [-0.2, 0) is 0 Å².